The lowest BCUT2D eigenvalue weighted by atomic mass is 10.1. The molecule has 0 radical (unpaired) electrons. The van der Waals surface area contributed by atoms with E-state index in [4.69, 9.17) is 14.2 Å². The van der Waals surface area contributed by atoms with Crippen molar-refractivity contribution in [1.29, 1.82) is 0 Å². The van der Waals surface area contributed by atoms with Gasteiger partial charge in [-0.25, -0.2) is 9.78 Å². The summed E-state index contributed by atoms with van der Waals surface area (Å²) in [5.41, 5.74) is 4.40. The van der Waals surface area contributed by atoms with E-state index in [9.17, 15) is 9.59 Å². The minimum Gasteiger partial charge on any atom is -0.493 e. The predicted octanol–water partition coefficient (Wildman–Crippen LogP) is 5.61. The molecule has 0 spiro atoms. The average molecular weight is 481 g/mol. The first kappa shape index (κ1) is 25.0. The third kappa shape index (κ3) is 6.02. The van der Waals surface area contributed by atoms with Gasteiger partial charge in [-0.05, 0) is 55.7 Å². The smallest absolute Gasteiger partial charge is 0.344 e. The molecule has 3 aromatic rings. The molecule has 178 valence electrons. The fourth-order valence-electron chi connectivity index (χ4n) is 3.28. The second kappa shape index (κ2) is 11.5. The highest BCUT2D eigenvalue weighted by atomic mass is 32.1. The molecule has 1 aromatic heterocycles. The van der Waals surface area contributed by atoms with E-state index in [-0.39, 0.29) is 19.1 Å². The van der Waals surface area contributed by atoms with Crippen molar-refractivity contribution in [2.24, 2.45) is 0 Å². The van der Waals surface area contributed by atoms with Crippen LogP contribution >= 0.6 is 11.3 Å². The molecule has 2 aromatic carbocycles. The van der Waals surface area contributed by atoms with Crippen molar-refractivity contribution in [2.75, 3.05) is 18.6 Å². The minimum absolute atomic E-state index is 0.0192. The molecule has 0 bridgehead atoms. The summed E-state index contributed by atoms with van der Waals surface area (Å²) < 4.78 is 16.2. The number of hydrogen-bond acceptors (Lipinski definition) is 7. The minimum atomic E-state index is -0.535. The Morgan fingerprint density at radius 3 is 2.65 bits per heavy atom. The summed E-state index contributed by atoms with van der Waals surface area (Å²) in [6.07, 6.45) is 3.87. The van der Waals surface area contributed by atoms with Crippen LogP contribution < -0.4 is 14.4 Å². The number of carbonyl (C=O) groups is 2. The van der Waals surface area contributed by atoms with Crippen LogP contribution in [0.15, 0.2) is 47.9 Å². The normalized spacial score (nSPS) is 10.9. The maximum atomic E-state index is 12.4. The average Bonchev–Trinajstić information content (AvgIpc) is 3.28. The van der Waals surface area contributed by atoms with E-state index in [1.54, 1.807) is 23.5 Å². The number of allylic oxidation sites excluding steroid dienone is 1. The van der Waals surface area contributed by atoms with Gasteiger partial charge in [0.25, 0.3) is 0 Å². The van der Waals surface area contributed by atoms with E-state index in [2.05, 4.69) is 4.98 Å². The zero-order valence-corrected chi connectivity index (χ0v) is 20.8. The Labute approximate surface area is 203 Å². The number of carbonyl (C=O) groups excluding carboxylic acids is 2. The van der Waals surface area contributed by atoms with Gasteiger partial charge in [0.05, 0.1) is 18.5 Å². The zero-order valence-electron chi connectivity index (χ0n) is 20.0. The lowest BCUT2D eigenvalue weighted by molar-refractivity contribution is -0.147. The molecule has 0 aliphatic carbocycles. The van der Waals surface area contributed by atoms with Gasteiger partial charge in [-0.2, -0.15) is 0 Å². The monoisotopic (exact) mass is 480 g/mol. The number of esters is 1. The van der Waals surface area contributed by atoms with E-state index in [0.717, 1.165) is 22.4 Å². The van der Waals surface area contributed by atoms with Gasteiger partial charge in [-0.15, -0.1) is 11.3 Å². The van der Waals surface area contributed by atoms with Crippen molar-refractivity contribution in [2.45, 2.75) is 34.3 Å². The number of hydrogen-bond donors (Lipinski definition) is 0. The fraction of sp³-hybridized carbons (Fsp3) is 0.269. The lowest BCUT2D eigenvalue weighted by Gasteiger charge is -2.21. The van der Waals surface area contributed by atoms with E-state index >= 15 is 0 Å². The Balaban J connectivity index is 1.62. The van der Waals surface area contributed by atoms with E-state index < -0.39 is 5.97 Å². The molecule has 0 aliphatic heterocycles. The molecular weight excluding hydrogens is 452 g/mol. The third-order valence-electron chi connectivity index (χ3n) is 5.14. The Hall–Kier alpha value is -3.65. The number of ether oxygens (including phenoxy) is 3. The van der Waals surface area contributed by atoms with Gasteiger partial charge in [-0.1, -0.05) is 30.4 Å². The van der Waals surface area contributed by atoms with Crippen molar-refractivity contribution >= 4 is 40.1 Å². The van der Waals surface area contributed by atoms with Crippen molar-refractivity contribution in [3.05, 3.63) is 70.2 Å². The standard InChI is InChI=1S/C26H28N2O5S/c1-6-8-20-11-12-23(24(13-20)31-5)32-15-25(30)33-14-21-16-34-26(27-21)28(19(4)29)22-10-7-9-17(2)18(22)3/h6-13,16H,14-15H2,1-5H3/b8-6+. The van der Waals surface area contributed by atoms with Gasteiger partial charge in [0.1, 0.15) is 6.61 Å². The molecule has 0 aliphatic rings. The number of nitrogens with zero attached hydrogens (tertiary/aromatic N) is 2. The first-order valence-corrected chi connectivity index (χ1v) is 11.6. The number of rotatable bonds is 9. The summed E-state index contributed by atoms with van der Waals surface area (Å²) in [4.78, 5) is 30.7. The number of aryl methyl sites for hydroxylation is 1. The van der Waals surface area contributed by atoms with Crippen LogP contribution in [-0.2, 0) is 20.9 Å². The summed E-state index contributed by atoms with van der Waals surface area (Å²) in [5.74, 6) is 0.305. The molecule has 8 heteroatoms. The molecule has 1 heterocycles. The molecule has 0 fully saturated rings. The highest BCUT2D eigenvalue weighted by molar-refractivity contribution is 7.14. The van der Waals surface area contributed by atoms with Gasteiger partial charge in [0, 0.05) is 12.3 Å². The van der Waals surface area contributed by atoms with E-state index in [1.165, 1.54) is 18.3 Å². The predicted molar refractivity (Wildman–Crippen MR) is 134 cm³/mol. The number of thiazole rings is 1. The van der Waals surface area contributed by atoms with Gasteiger partial charge < -0.3 is 14.2 Å². The number of methoxy groups -OCH3 is 1. The first-order valence-electron chi connectivity index (χ1n) is 10.7. The van der Waals surface area contributed by atoms with E-state index in [1.807, 2.05) is 63.3 Å². The van der Waals surface area contributed by atoms with Gasteiger partial charge in [0.15, 0.2) is 23.2 Å². The highest BCUT2D eigenvalue weighted by Gasteiger charge is 2.20. The maximum Gasteiger partial charge on any atom is 0.344 e. The summed E-state index contributed by atoms with van der Waals surface area (Å²) in [7, 11) is 1.54. The van der Waals surface area contributed by atoms with Crippen LogP contribution in [0.1, 0.15) is 36.2 Å². The SMILES string of the molecule is C/C=C/c1ccc(OCC(=O)OCc2csc(N(C(C)=O)c3cccc(C)c3C)n2)c(OC)c1. The van der Waals surface area contributed by atoms with Crippen molar-refractivity contribution in [1.82, 2.24) is 4.98 Å². The summed E-state index contributed by atoms with van der Waals surface area (Å²) in [6.45, 7) is 7.12. The number of anilines is 2. The number of benzene rings is 2. The molecule has 1 amide bonds. The topological polar surface area (TPSA) is 78.0 Å². The number of aromatic nitrogens is 1. The molecule has 0 saturated carbocycles. The van der Waals surface area contributed by atoms with Crippen LogP contribution in [0.5, 0.6) is 11.5 Å². The van der Waals surface area contributed by atoms with Crippen molar-refractivity contribution < 1.29 is 23.8 Å². The summed E-state index contributed by atoms with van der Waals surface area (Å²) in [5, 5.41) is 2.29. The Morgan fingerprint density at radius 2 is 1.94 bits per heavy atom. The molecular formula is C26H28N2O5S. The summed E-state index contributed by atoms with van der Waals surface area (Å²) >= 11 is 1.32. The van der Waals surface area contributed by atoms with Crippen molar-refractivity contribution in [3.63, 3.8) is 0 Å². The highest BCUT2D eigenvalue weighted by Crippen LogP contribution is 2.32. The molecule has 7 nitrogen and oxygen atoms in total. The van der Waals surface area contributed by atoms with Gasteiger partial charge in [0.2, 0.25) is 5.91 Å². The van der Waals surface area contributed by atoms with Crippen LogP contribution in [0.4, 0.5) is 10.8 Å². The molecule has 34 heavy (non-hydrogen) atoms. The van der Waals surface area contributed by atoms with Crippen LogP contribution in [0.3, 0.4) is 0 Å². The van der Waals surface area contributed by atoms with Crippen molar-refractivity contribution in [3.8, 4) is 11.5 Å². The molecule has 0 N–H and O–H groups in total. The Bertz CT molecular complexity index is 1200. The first-order chi connectivity index (χ1) is 16.3. The van der Waals surface area contributed by atoms with Crippen LogP contribution in [0.25, 0.3) is 6.08 Å². The fourth-order valence-corrected chi connectivity index (χ4v) is 4.15. The Morgan fingerprint density at radius 1 is 1.15 bits per heavy atom. The van der Waals surface area contributed by atoms with E-state index in [0.29, 0.717) is 22.3 Å². The Kier molecular flexibility index (Phi) is 8.43. The largest absolute Gasteiger partial charge is 0.493 e. The molecule has 3 rings (SSSR count). The second-order valence-electron chi connectivity index (χ2n) is 7.55. The number of amides is 1. The quantitative estimate of drug-likeness (QED) is 0.371. The lowest BCUT2D eigenvalue weighted by Crippen LogP contribution is -2.23. The zero-order chi connectivity index (χ0) is 24.7. The third-order valence-corrected chi connectivity index (χ3v) is 6.01. The summed E-state index contributed by atoms with van der Waals surface area (Å²) in [6, 6.07) is 11.2. The molecule has 0 saturated heterocycles. The second-order valence-corrected chi connectivity index (χ2v) is 8.39. The maximum absolute atomic E-state index is 12.4. The van der Waals surface area contributed by atoms with Crippen LogP contribution in [0.2, 0.25) is 0 Å². The van der Waals surface area contributed by atoms with Gasteiger partial charge in [-0.3, -0.25) is 9.69 Å². The molecule has 0 atom stereocenters. The molecule has 0 unspecified atom stereocenters. The van der Waals surface area contributed by atoms with Gasteiger partial charge >= 0.3 is 5.97 Å². The van der Waals surface area contributed by atoms with Crippen LogP contribution in [0, 0.1) is 13.8 Å². The van der Waals surface area contributed by atoms with Crippen LogP contribution in [-0.4, -0.2) is 30.6 Å².